The molecule has 1 saturated carbocycles. The Labute approximate surface area is 141 Å². The number of carbonyl (C=O) groups is 1. The minimum absolute atomic E-state index is 0.00588. The van der Waals surface area contributed by atoms with Crippen molar-refractivity contribution in [3.8, 4) is 0 Å². The summed E-state index contributed by atoms with van der Waals surface area (Å²) in [5.41, 5.74) is 6.70. The van der Waals surface area contributed by atoms with Crippen LogP contribution in [-0.2, 0) is 0 Å². The van der Waals surface area contributed by atoms with Crippen LogP contribution < -0.4 is 16.0 Å². The molecule has 130 valence electrons. The van der Waals surface area contributed by atoms with Crippen molar-refractivity contribution in [2.75, 3.05) is 24.5 Å². The lowest BCUT2D eigenvalue weighted by molar-refractivity contribution is -0.384. The van der Waals surface area contributed by atoms with Gasteiger partial charge in [-0.3, -0.25) is 14.9 Å². The fourth-order valence-electron chi connectivity index (χ4n) is 3.80. The fourth-order valence-corrected chi connectivity index (χ4v) is 3.80. The summed E-state index contributed by atoms with van der Waals surface area (Å²) in [6, 6.07) is 4.85. The molecule has 24 heavy (non-hydrogen) atoms. The Morgan fingerprint density at radius 3 is 2.71 bits per heavy atom. The first-order valence-electron chi connectivity index (χ1n) is 8.64. The van der Waals surface area contributed by atoms with Crippen molar-refractivity contribution in [2.45, 2.75) is 38.1 Å². The predicted octanol–water partition coefficient (Wildman–Crippen LogP) is 2.05. The zero-order valence-electron chi connectivity index (χ0n) is 13.7. The van der Waals surface area contributed by atoms with E-state index in [0.29, 0.717) is 23.7 Å². The molecule has 0 bridgehead atoms. The Bertz CT molecular complexity index is 628. The maximum Gasteiger partial charge on any atom is 0.293 e. The van der Waals surface area contributed by atoms with E-state index in [1.807, 2.05) is 4.90 Å². The van der Waals surface area contributed by atoms with E-state index in [-0.39, 0.29) is 17.6 Å². The highest BCUT2D eigenvalue weighted by Gasteiger charge is 2.29. The average Bonchev–Trinajstić information content (AvgIpc) is 3.25. The Hall–Kier alpha value is -2.15. The largest absolute Gasteiger partial charge is 0.366 e. The van der Waals surface area contributed by atoms with Crippen LogP contribution in [0.1, 0.15) is 42.5 Å². The van der Waals surface area contributed by atoms with Gasteiger partial charge in [0.2, 0.25) is 0 Å². The quantitative estimate of drug-likeness (QED) is 0.635. The molecule has 1 amide bonds. The van der Waals surface area contributed by atoms with Gasteiger partial charge in [0.05, 0.1) is 4.92 Å². The van der Waals surface area contributed by atoms with Crippen molar-refractivity contribution in [1.29, 1.82) is 0 Å². The molecule has 0 radical (unpaired) electrons. The standard InChI is InChI=1S/C17H24N4O3/c18-11-13-4-3-5-14(13)19-17(22)12-6-7-15(16(10-12)21(23)24)20-8-1-2-9-20/h6-7,10,13-14H,1-5,8-9,11,18H2,(H,19,22). The lowest BCUT2D eigenvalue weighted by Crippen LogP contribution is -2.39. The van der Waals surface area contributed by atoms with Crippen molar-refractivity contribution < 1.29 is 9.72 Å². The number of nitrogens with zero attached hydrogens (tertiary/aromatic N) is 2. The van der Waals surface area contributed by atoms with Gasteiger partial charge >= 0.3 is 0 Å². The maximum atomic E-state index is 12.5. The van der Waals surface area contributed by atoms with Crippen LogP contribution in [0.2, 0.25) is 0 Å². The third kappa shape index (κ3) is 3.36. The first-order chi connectivity index (χ1) is 11.6. The maximum absolute atomic E-state index is 12.5. The van der Waals surface area contributed by atoms with E-state index >= 15 is 0 Å². The third-order valence-corrected chi connectivity index (χ3v) is 5.16. The molecule has 7 heteroatoms. The summed E-state index contributed by atoms with van der Waals surface area (Å²) in [7, 11) is 0. The van der Waals surface area contributed by atoms with E-state index in [9.17, 15) is 14.9 Å². The van der Waals surface area contributed by atoms with Crippen molar-refractivity contribution >= 4 is 17.3 Å². The summed E-state index contributed by atoms with van der Waals surface area (Å²) in [5.74, 6) is 0.0456. The van der Waals surface area contributed by atoms with E-state index < -0.39 is 4.92 Å². The van der Waals surface area contributed by atoms with E-state index in [4.69, 9.17) is 5.73 Å². The lowest BCUT2D eigenvalue weighted by Gasteiger charge is -2.20. The second-order valence-corrected chi connectivity index (χ2v) is 6.66. The van der Waals surface area contributed by atoms with Gasteiger partial charge in [-0.1, -0.05) is 6.42 Å². The zero-order valence-corrected chi connectivity index (χ0v) is 13.7. The Morgan fingerprint density at radius 2 is 2.04 bits per heavy atom. The minimum atomic E-state index is -0.400. The number of amides is 1. The van der Waals surface area contributed by atoms with Crippen LogP contribution in [0.5, 0.6) is 0 Å². The average molecular weight is 332 g/mol. The SMILES string of the molecule is NCC1CCCC1NC(=O)c1ccc(N2CCCC2)c([N+](=O)[O-])c1. The van der Waals surface area contributed by atoms with Gasteiger partial charge in [0.1, 0.15) is 5.69 Å². The van der Waals surface area contributed by atoms with Crippen LogP contribution >= 0.6 is 0 Å². The van der Waals surface area contributed by atoms with Gasteiger partial charge in [0.25, 0.3) is 11.6 Å². The number of hydrogen-bond donors (Lipinski definition) is 2. The highest BCUT2D eigenvalue weighted by atomic mass is 16.6. The van der Waals surface area contributed by atoms with Crippen molar-refractivity contribution in [3.63, 3.8) is 0 Å². The van der Waals surface area contributed by atoms with E-state index in [1.165, 1.54) is 6.07 Å². The highest BCUT2D eigenvalue weighted by Crippen LogP contribution is 2.32. The normalized spacial score (nSPS) is 23.5. The lowest BCUT2D eigenvalue weighted by atomic mass is 10.0. The molecule has 2 unspecified atom stereocenters. The smallest absolute Gasteiger partial charge is 0.293 e. The Morgan fingerprint density at radius 1 is 1.29 bits per heavy atom. The number of carbonyl (C=O) groups excluding carboxylic acids is 1. The number of nitro benzene ring substituents is 1. The molecule has 3 N–H and O–H groups in total. The van der Waals surface area contributed by atoms with Crippen LogP contribution in [0.25, 0.3) is 0 Å². The molecule has 1 aromatic rings. The summed E-state index contributed by atoms with van der Waals surface area (Å²) >= 11 is 0. The number of anilines is 1. The molecule has 1 aliphatic heterocycles. The molecule has 2 fully saturated rings. The molecule has 1 aliphatic carbocycles. The molecule has 1 heterocycles. The van der Waals surface area contributed by atoms with Gasteiger partial charge in [-0.05, 0) is 50.3 Å². The van der Waals surface area contributed by atoms with Gasteiger partial charge in [-0.15, -0.1) is 0 Å². The van der Waals surface area contributed by atoms with E-state index in [2.05, 4.69) is 5.32 Å². The highest BCUT2D eigenvalue weighted by molar-refractivity contribution is 5.96. The van der Waals surface area contributed by atoms with Gasteiger partial charge < -0.3 is 16.0 Å². The molecular formula is C17H24N4O3. The number of rotatable bonds is 5. The molecule has 0 aromatic heterocycles. The van der Waals surface area contributed by atoms with Gasteiger partial charge in [-0.2, -0.15) is 0 Å². The molecule has 2 aliphatic rings. The summed E-state index contributed by atoms with van der Waals surface area (Å²) < 4.78 is 0. The van der Waals surface area contributed by atoms with Crippen molar-refractivity contribution in [2.24, 2.45) is 11.7 Å². The van der Waals surface area contributed by atoms with E-state index in [0.717, 1.165) is 45.2 Å². The van der Waals surface area contributed by atoms with Crippen LogP contribution in [-0.4, -0.2) is 36.5 Å². The van der Waals surface area contributed by atoms with Crippen molar-refractivity contribution in [1.82, 2.24) is 5.32 Å². The van der Waals surface area contributed by atoms with Gasteiger partial charge in [0.15, 0.2) is 0 Å². The Balaban J connectivity index is 1.79. The van der Waals surface area contributed by atoms with Crippen LogP contribution in [0.3, 0.4) is 0 Å². The number of nitrogens with one attached hydrogen (secondary N) is 1. The topological polar surface area (TPSA) is 102 Å². The third-order valence-electron chi connectivity index (χ3n) is 5.16. The predicted molar refractivity (Wildman–Crippen MR) is 92.2 cm³/mol. The molecule has 2 atom stereocenters. The molecular weight excluding hydrogens is 308 g/mol. The number of nitrogens with two attached hydrogens (primary N) is 1. The van der Waals surface area contributed by atoms with Crippen LogP contribution in [0.15, 0.2) is 18.2 Å². The summed E-state index contributed by atoms with van der Waals surface area (Å²) in [6.07, 6.45) is 5.08. The van der Waals surface area contributed by atoms with E-state index in [1.54, 1.807) is 12.1 Å². The molecule has 0 spiro atoms. The van der Waals surface area contributed by atoms with Gasteiger partial charge in [-0.25, -0.2) is 0 Å². The fraction of sp³-hybridized carbons (Fsp3) is 0.588. The number of benzene rings is 1. The minimum Gasteiger partial charge on any atom is -0.366 e. The summed E-state index contributed by atoms with van der Waals surface area (Å²) in [5, 5.41) is 14.4. The second-order valence-electron chi connectivity index (χ2n) is 6.66. The number of hydrogen-bond acceptors (Lipinski definition) is 5. The molecule has 3 rings (SSSR count). The molecule has 7 nitrogen and oxygen atoms in total. The molecule has 1 aromatic carbocycles. The first kappa shape index (κ1) is 16.7. The summed E-state index contributed by atoms with van der Waals surface area (Å²) in [6.45, 7) is 2.21. The Kier molecular flexibility index (Phi) is 4.99. The molecule has 1 saturated heterocycles. The monoisotopic (exact) mass is 332 g/mol. The first-order valence-corrected chi connectivity index (χ1v) is 8.64. The second kappa shape index (κ2) is 7.17. The zero-order chi connectivity index (χ0) is 17.1. The summed E-state index contributed by atoms with van der Waals surface area (Å²) in [4.78, 5) is 25.5. The number of nitro groups is 1. The van der Waals surface area contributed by atoms with Gasteiger partial charge in [0, 0.05) is 30.8 Å². The van der Waals surface area contributed by atoms with Crippen LogP contribution in [0.4, 0.5) is 11.4 Å². The van der Waals surface area contributed by atoms with Crippen molar-refractivity contribution in [3.05, 3.63) is 33.9 Å². The van der Waals surface area contributed by atoms with Crippen LogP contribution in [0, 0.1) is 16.0 Å².